The van der Waals surface area contributed by atoms with Crippen LogP contribution < -0.4 is 0 Å². The summed E-state index contributed by atoms with van der Waals surface area (Å²) in [6.45, 7) is 8.43. The zero-order valence-corrected chi connectivity index (χ0v) is 8.78. The predicted molar refractivity (Wildman–Crippen MR) is 51.3 cm³/mol. The second-order valence-corrected chi connectivity index (χ2v) is 3.07. The van der Waals surface area contributed by atoms with Gasteiger partial charge in [0.1, 0.15) is 0 Å². The molecule has 0 rings (SSSR count). The molecule has 0 spiro atoms. The third kappa shape index (κ3) is 4.64. The largest absolute Gasteiger partial charge is 0.425 e. The van der Waals surface area contributed by atoms with E-state index in [9.17, 15) is 9.59 Å². The molecule has 0 saturated carbocycles. The van der Waals surface area contributed by atoms with Gasteiger partial charge in [-0.3, -0.25) is 4.79 Å². The molecule has 1 unspecified atom stereocenters. The quantitative estimate of drug-likeness (QED) is 0.384. The Labute approximate surface area is 83.9 Å². The number of hydrogen-bond acceptors (Lipinski definition) is 4. The molecule has 14 heavy (non-hydrogen) atoms. The number of rotatable bonds is 5. The number of carbonyl (C=O) groups excluding carboxylic acids is 2. The van der Waals surface area contributed by atoms with E-state index in [1.807, 2.05) is 0 Å². The predicted octanol–water partition coefficient (Wildman–Crippen LogP) is 1.65. The van der Waals surface area contributed by atoms with Gasteiger partial charge < -0.3 is 9.47 Å². The molecule has 0 fully saturated rings. The lowest BCUT2D eigenvalue weighted by Crippen LogP contribution is -2.25. The Balaban J connectivity index is 4.09. The van der Waals surface area contributed by atoms with Gasteiger partial charge in [0.05, 0.1) is 5.92 Å². The second-order valence-electron chi connectivity index (χ2n) is 3.07. The first-order valence-corrected chi connectivity index (χ1v) is 4.54. The highest BCUT2D eigenvalue weighted by molar-refractivity contribution is 5.81. The van der Waals surface area contributed by atoms with Crippen molar-refractivity contribution >= 4 is 11.9 Å². The molecule has 0 aromatic rings. The minimum atomic E-state index is -0.810. The van der Waals surface area contributed by atoms with Gasteiger partial charge in [0.15, 0.2) is 0 Å². The molecule has 0 radical (unpaired) electrons. The molecule has 1 atom stereocenters. The Bertz CT molecular complexity index is 220. The third-order valence-electron chi connectivity index (χ3n) is 1.47. The summed E-state index contributed by atoms with van der Waals surface area (Å²) in [5.74, 6) is -1.20. The third-order valence-corrected chi connectivity index (χ3v) is 1.47. The molecule has 0 aliphatic carbocycles. The summed E-state index contributed by atoms with van der Waals surface area (Å²) in [5.41, 5.74) is 0. The minimum Gasteiger partial charge on any atom is -0.425 e. The zero-order valence-electron chi connectivity index (χ0n) is 8.78. The fourth-order valence-corrected chi connectivity index (χ4v) is 0.634. The van der Waals surface area contributed by atoms with Crippen LogP contribution in [0.4, 0.5) is 0 Å². The lowest BCUT2D eigenvalue weighted by molar-refractivity contribution is -0.187. The fraction of sp³-hybridized carbons (Fsp3) is 0.600. The zero-order chi connectivity index (χ0) is 11.1. The first kappa shape index (κ1) is 12.7. The van der Waals surface area contributed by atoms with E-state index < -0.39 is 12.3 Å². The normalized spacial score (nSPS) is 12.0. The molecule has 0 saturated heterocycles. The van der Waals surface area contributed by atoms with Crippen LogP contribution in [0.5, 0.6) is 0 Å². The Morgan fingerprint density at radius 1 is 1.36 bits per heavy atom. The molecule has 4 nitrogen and oxygen atoms in total. The van der Waals surface area contributed by atoms with Gasteiger partial charge >= 0.3 is 11.9 Å². The maximum absolute atomic E-state index is 11.1. The van der Waals surface area contributed by atoms with Crippen molar-refractivity contribution in [2.45, 2.75) is 33.5 Å². The van der Waals surface area contributed by atoms with Crippen LogP contribution in [0.25, 0.3) is 0 Å². The standard InChI is InChI=1S/C10H16O4/c1-5-8(11)13-9(6-2)14-10(12)7(3)4/h5,7,9H,1,6H2,2-4H3. The fourth-order valence-electron chi connectivity index (χ4n) is 0.634. The van der Waals surface area contributed by atoms with Crippen LogP contribution in [-0.2, 0) is 19.1 Å². The van der Waals surface area contributed by atoms with E-state index in [0.717, 1.165) is 6.08 Å². The average molecular weight is 200 g/mol. The molecular weight excluding hydrogens is 184 g/mol. The van der Waals surface area contributed by atoms with E-state index in [0.29, 0.717) is 6.42 Å². The van der Waals surface area contributed by atoms with Crippen molar-refractivity contribution in [1.82, 2.24) is 0 Å². The monoisotopic (exact) mass is 200 g/mol. The van der Waals surface area contributed by atoms with Gasteiger partial charge in [-0.1, -0.05) is 27.4 Å². The Morgan fingerprint density at radius 2 is 1.93 bits per heavy atom. The van der Waals surface area contributed by atoms with E-state index in [1.165, 1.54) is 0 Å². The summed E-state index contributed by atoms with van der Waals surface area (Å²) >= 11 is 0. The van der Waals surface area contributed by atoms with Crippen molar-refractivity contribution in [2.75, 3.05) is 0 Å². The van der Waals surface area contributed by atoms with Gasteiger partial charge in [-0.2, -0.15) is 0 Å². The Hall–Kier alpha value is -1.32. The van der Waals surface area contributed by atoms with Crippen molar-refractivity contribution in [1.29, 1.82) is 0 Å². The van der Waals surface area contributed by atoms with Crippen molar-refractivity contribution < 1.29 is 19.1 Å². The van der Waals surface area contributed by atoms with Gasteiger partial charge in [0, 0.05) is 12.5 Å². The highest BCUT2D eigenvalue weighted by atomic mass is 16.7. The van der Waals surface area contributed by atoms with Crippen LogP contribution in [0.1, 0.15) is 27.2 Å². The van der Waals surface area contributed by atoms with Gasteiger partial charge in [0.2, 0.25) is 6.29 Å². The lowest BCUT2D eigenvalue weighted by atomic mass is 10.2. The SMILES string of the molecule is C=CC(=O)OC(CC)OC(=O)C(C)C. The number of esters is 2. The summed E-state index contributed by atoms with van der Waals surface area (Å²) < 4.78 is 9.67. The van der Waals surface area contributed by atoms with E-state index in [2.05, 4.69) is 6.58 Å². The van der Waals surface area contributed by atoms with Crippen LogP contribution in [0, 0.1) is 5.92 Å². The maximum Gasteiger partial charge on any atom is 0.333 e. The molecule has 0 heterocycles. The molecule has 0 amide bonds. The summed E-state index contributed by atoms with van der Waals surface area (Å²) in [4.78, 5) is 21.9. The molecule has 0 aromatic heterocycles. The van der Waals surface area contributed by atoms with Crippen molar-refractivity contribution in [3.05, 3.63) is 12.7 Å². The summed E-state index contributed by atoms with van der Waals surface area (Å²) in [7, 11) is 0. The Morgan fingerprint density at radius 3 is 2.29 bits per heavy atom. The van der Waals surface area contributed by atoms with E-state index in [4.69, 9.17) is 9.47 Å². The minimum absolute atomic E-state index is 0.230. The van der Waals surface area contributed by atoms with Gasteiger partial charge in [0.25, 0.3) is 0 Å². The number of ether oxygens (including phenoxy) is 2. The van der Waals surface area contributed by atoms with E-state index >= 15 is 0 Å². The molecule has 0 bridgehead atoms. The first-order valence-electron chi connectivity index (χ1n) is 4.54. The smallest absolute Gasteiger partial charge is 0.333 e. The second kappa shape index (κ2) is 6.18. The number of hydrogen-bond donors (Lipinski definition) is 0. The molecule has 4 heteroatoms. The van der Waals surface area contributed by atoms with Crippen molar-refractivity contribution in [3.63, 3.8) is 0 Å². The highest BCUT2D eigenvalue weighted by Crippen LogP contribution is 2.05. The summed E-state index contributed by atoms with van der Waals surface area (Å²) in [6, 6.07) is 0. The summed E-state index contributed by atoms with van der Waals surface area (Å²) in [5, 5.41) is 0. The van der Waals surface area contributed by atoms with E-state index in [1.54, 1.807) is 20.8 Å². The molecule has 0 aliphatic heterocycles. The van der Waals surface area contributed by atoms with Crippen LogP contribution in [0.15, 0.2) is 12.7 Å². The van der Waals surface area contributed by atoms with Crippen LogP contribution in [0.2, 0.25) is 0 Å². The van der Waals surface area contributed by atoms with Gasteiger partial charge in [-0.05, 0) is 0 Å². The molecule has 0 aliphatic rings. The average Bonchev–Trinajstić information content (AvgIpc) is 2.16. The lowest BCUT2D eigenvalue weighted by Gasteiger charge is -2.16. The van der Waals surface area contributed by atoms with Crippen LogP contribution >= 0.6 is 0 Å². The topological polar surface area (TPSA) is 52.6 Å². The Kier molecular flexibility index (Phi) is 5.60. The first-order chi connectivity index (χ1) is 6.51. The highest BCUT2D eigenvalue weighted by Gasteiger charge is 2.17. The van der Waals surface area contributed by atoms with Crippen molar-refractivity contribution in [2.24, 2.45) is 5.92 Å². The molecule has 0 N–H and O–H groups in total. The maximum atomic E-state index is 11.1. The van der Waals surface area contributed by atoms with Crippen LogP contribution in [-0.4, -0.2) is 18.2 Å². The summed E-state index contributed by atoms with van der Waals surface area (Å²) in [6.07, 6.45) is 0.652. The molecule has 0 aromatic carbocycles. The van der Waals surface area contributed by atoms with Gasteiger partial charge in [-0.15, -0.1) is 0 Å². The van der Waals surface area contributed by atoms with Crippen LogP contribution in [0.3, 0.4) is 0 Å². The molecular formula is C10H16O4. The molecule has 80 valence electrons. The van der Waals surface area contributed by atoms with Gasteiger partial charge in [-0.25, -0.2) is 4.79 Å². The number of carbonyl (C=O) groups is 2. The van der Waals surface area contributed by atoms with Crippen molar-refractivity contribution in [3.8, 4) is 0 Å². The van der Waals surface area contributed by atoms with E-state index in [-0.39, 0.29) is 11.9 Å².